The van der Waals surface area contributed by atoms with Gasteiger partial charge in [0.05, 0.1) is 20.3 Å². The molecule has 6 aromatic rings. The van der Waals surface area contributed by atoms with Crippen LogP contribution in [0.25, 0.3) is 30.9 Å². The summed E-state index contributed by atoms with van der Waals surface area (Å²) >= 11 is 11.6. The highest BCUT2D eigenvalue weighted by atomic mass is 79.9. The first kappa shape index (κ1) is 20.0. The van der Waals surface area contributed by atoms with E-state index in [0.29, 0.717) is 0 Å². The van der Waals surface area contributed by atoms with Gasteiger partial charge in [-0.15, -0.1) is 22.7 Å². The Morgan fingerprint density at radius 2 is 1.06 bits per heavy atom. The van der Waals surface area contributed by atoms with Crippen molar-refractivity contribution in [1.29, 1.82) is 0 Å². The van der Waals surface area contributed by atoms with Crippen molar-refractivity contribution in [3.8, 4) is 0 Å². The normalized spacial score (nSPS) is 13.5. The predicted octanol–water partition coefficient (Wildman–Crippen LogP) is 10.0. The van der Waals surface area contributed by atoms with Gasteiger partial charge in [0.2, 0.25) is 0 Å². The number of rotatable bonds is 2. The van der Waals surface area contributed by atoms with Crippen LogP contribution in [0, 0.1) is 0 Å². The molecule has 1 aliphatic rings. The molecule has 0 unspecified atom stereocenters. The van der Waals surface area contributed by atoms with Crippen LogP contribution in [-0.4, -0.2) is 6.67 Å². The number of benzene rings is 4. The number of halogens is 2. The molecule has 0 atom stereocenters. The fraction of sp³-hybridized carbons (Fsp3) is 0.0370. The van der Waals surface area contributed by atoms with Crippen LogP contribution in [0.3, 0.4) is 0 Å². The summed E-state index contributed by atoms with van der Waals surface area (Å²) in [5, 5.41) is 7.55. The van der Waals surface area contributed by atoms with Gasteiger partial charge in [-0.2, -0.15) is 0 Å². The van der Waals surface area contributed by atoms with Gasteiger partial charge in [-0.3, -0.25) is 0 Å². The van der Waals surface area contributed by atoms with Gasteiger partial charge in [-0.1, -0.05) is 60.7 Å². The summed E-state index contributed by atoms with van der Waals surface area (Å²) in [6.45, 7) is 0.743. The van der Waals surface area contributed by atoms with E-state index in [1.807, 2.05) is 22.7 Å². The van der Waals surface area contributed by atoms with Crippen molar-refractivity contribution < 1.29 is 0 Å². The fourth-order valence-electron chi connectivity index (χ4n) is 4.74. The molecule has 160 valence electrons. The largest absolute Gasteiger partial charge is 0.313 e. The van der Waals surface area contributed by atoms with Crippen LogP contribution in [0.1, 0.15) is 0 Å². The zero-order valence-electron chi connectivity index (χ0n) is 17.3. The number of hydrogen-bond donors (Lipinski definition) is 0. The minimum Gasteiger partial charge on any atom is -0.313 e. The minimum atomic E-state index is 0.743. The maximum Gasteiger partial charge on any atom is 0.113 e. The second kappa shape index (κ2) is 7.57. The van der Waals surface area contributed by atoms with E-state index in [1.165, 1.54) is 52.3 Å². The Morgan fingerprint density at radius 1 is 0.576 bits per heavy atom. The molecule has 0 fully saturated rings. The average Bonchev–Trinajstić information content (AvgIpc) is 3.37. The van der Waals surface area contributed by atoms with Gasteiger partial charge in [0.25, 0.3) is 0 Å². The molecule has 1 aliphatic heterocycles. The Labute approximate surface area is 215 Å². The number of hydrogen-bond acceptors (Lipinski definition) is 4. The van der Waals surface area contributed by atoms with E-state index in [0.717, 1.165) is 15.6 Å². The number of anilines is 4. The van der Waals surface area contributed by atoms with E-state index in [1.54, 1.807) is 0 Å². The highest BCUT2D eigenvalue weighted by molar-refractivity contribution is 9.11. The molecule has 0 radical (unpaired) electrons. The quantitative estimate of drug-likeness (QED) is 0.198. The van der Waals surface area contributed by atoms with Crippen molar-refractivity contribution in [1.82, 2.24) is 0 Å². The molecular weight excluding hydrogens is 576 g/mol. The molecule has 6 heteroatoms. The Kier molecular flexibility index (Phi) is 4.59. The maximum absolute atomic E-state index is 3.94. The van der Waals surface area contributed by atoms with Gasteiger partial charge in [0.1, 0.15) is 16.7 Å². The third-order valence-corrected chi connectivity index (χ3v) is 10.8. The van der Waals surface area contributed by atoms with Crippen molar-refractivity contribution in [2.75, 3.05) is 16.5 Å². The van der Waals surface area contributed by atoms with Crippen molar-refractivity contribution >= 4 is 107 Å². The van der Waals surface area contributed by atoms with Gasteiger partial charge in [-0.25, -0.2) is 0 Å². The first-order valence-corrected chi connectivity index (χ1v) is 13.8. The summed E-state index contributed by atoms with van der Waals surface area (Å²) in [4.78, 5) is 4.92. The van der Waals surface area contributed by atoms with Crippen molar-refractivity contribution in [2.24, 2.45) is 0 Å². The van der Waals surface area contributed by atoms with Crippen LogP contribution < -0.4 is 9.80 Å². The van der Waals surface area contributed by atoms with Crippen molar-refractivity contribution in [3.63, 3.8) is 0 Å². The van der Waals surface area contributed by atoms with Gasteiger partial charge in [0.15, 0.2) is 0 Å². The Hall–Kier alpha value is -2.38. The highest BCUT2D eigenvalue weighted by Crippen LogP contribution is 2.53. The molecular formula is C27H16Br2N2S2. The molecule has 0 N–H and O–H groups in total. The summed E-state index contributed by atoms with van der Waals surface area (Å²) in [6.07, 6.45) is 0. The van der Waals surface area contributed by atoms with Crippen LogP contribution >= 0.6 is 54.5 Å². The van der Waals surface area contributed by atoms with Crippen molar-refractivity contribution in [3.05, 3.63) is 93.9 Å². The average molecular weight is 592 g/mol. The van der Waals surface area contributed by atoms with Crippen LogP contribution in [0.2, 0.25) is 0 Å². The summed E-state index contributed by atoms with van der Waals surface area (Å²) in [5.74, 6) is 0. The number of fused-ring (bicyclic) bond motifs is 2. The number of nitrogens with zero attached hydrogens (tertiary/aromatic N) is 2. The molecule has 33 heavy (non-hydrogen) atoms. The Bertz CT molecular complexity index is 1580. The van der Waals surface area contributed by atoms with Gasteiger partial charge < -0.3 is 9.80 Å². The second-order valence-electron chi connectivity index (χ2n) is 8.08. The molecule has 3 heterocycles. The summed E-state index contributed by atoms with van der Waals surface area (Å²) < 4.78 is 4.91. The van der Waals surface area contributed by atoms with E-state index in [9.17, 15) is 0 Å². The lowest BCUT2D eigenvalue weighted by Crippen LogP contribution is -2.35. The molecule has 0 aliphatic carbocycles. The third-order valence-electron chi connectivity index (χ3n) is 6.25. The lowest BCUT2D eigenvalue weighted by atomic mass is 10.0. The van der Waals surface area contributed by atoms with E-state index >= 15 is 0 Å². The Balaban J connectivity index is 1.51. The smallest absolute Gasteiger partial charge is 0.113 e. The summed E-state index contributed by atoms with van der Waals surface area (Å²) in [7, 11) is 0. The molecule has 0 bridgehead atoms. The van der Waals surface area contributed by atoms with Crippen molar-refractivity contribution in [2.45, 2.75) is 0 Å². The standard InChI is InChI=1S/C27H16Br2N2S2/c28-24-17-9-1-3-13-21(17)32-26(24)30-15-31(27-25(29)18-10-2-4-14-22(18)33-27)20-12-6-8-16-7-5-11-19(30)23(16)20/h1-14H,15H2. The topological polar surface area (TPSA) is 6.48 Å². The molecule has 0 amide bonds. The second-order valence-corrected chi connectivity index (χ2v) is 11.7. The predicted molar refractivity (Wildman–Crippen MR) is 152 cm³/mol. The van der Waals surface area contributed by atoms with Gasteiger partial charge >= 0.3 is 0 Å². The molecule has 0 saturated carbocycles. The van der Waals surface area contributed by atoms with Crippen LogP contribution in [-0.2, 0) is 0 Å². The molecule has 2 nitrogen and oxygen atoms in total. The zero-order valence-corrected chi connectivity index (χ0v) is 22.1. The summed E-state index contributed by atoms with van der Waals surface area (Å²) in [6, 6.07) is 30.5. The molecule has 0 spiro atoms. The SMILES string of the molecule is Brc1c(N2CN(c3sc4ccccc4c3Br)c3cccc4cccc2c34)sc2ccccc12. The van der Waals surface area contributed by atoms with Crippen LogP contribution in [0.5, 0.6) is 0 Å². The van der Waals surface area contributed by atoms with E-state index in [-0.39, 0.29) is 0 Å². The molecule has 0 saturated heterocycles. The lowest BCUT2D eigenvalue weighted by molar-refractivity contribution is 0.931. The van der Waals surface area contributed by atoms with E-state index < -0.39 is 0 Å². The maximum atomic E-state index is 3.94. The van der Waals surface area contributed by atoms with E-state index in [2.05, 4.69) is 127 Å². The number of thiophene rings is 2. The lowest BCUT2D eigenvalue weighted by Gasteiger charge is -2.38. The fourth-order valence-corrected chi connectivity index (χ4v) is 8.81. The molecule has 2 aromatic heterocycles. The monoisotopic (exact) mass is 590 g/mol. The van der Waals surface area contributed by atoms with E-state index in [4.69, 9.17) is 0 Å². The van der Waals surface area contributed by atoms with Crippen LogP contribution in [0.15, 0.2) is 93.9 Å². The highest BCUT2D eigenvalue weighted by Gasteiger charge is 2.30. The third kappa shape index (κ3) is 2.94. The van der Waals surface area contributed by atoms with Gasteiger partial charge in [0, 0.05) is 25.6 Å². The first-order chi connectivity index (χ1) is 16.2. The Morgan fingerprint density at radius 3 is 1.55 bits per heavy atom. The molecule has 7 rings (SSSR count). The zero-order chi connectivity index (χ0) is 22.1. The minimum absolute atomic E-state index is 0.743. The van der Waals surface area contributed by atoms with Crippen LogP contribution in [0.4, 0.5) is 21.4 Å². The summed E-state index contributed by atoms with van der Waals surface area (Å²) in [5.41, 5.74) is 2.51. The molecule has 4 aromatic carbocycles. The first-order valence-electron chi connectivity index (χ1n) is 10.6. The van der Waals surface area contributed by atoms with Gasteiger partial charge in [-0.05, 0) is 61.5 Å².